The van der Waals surface area contributed by atoms with E-state index in [1.54, 1.807) is 0 Å². The molecule has 2 aliphatic rings. The molecule has 1 amide bonds. The number of rotatable bonds is 9. The smallest absolute Gasteiger partial charge is 0.253 e. The molecule has 8 nitrogen and oxygen atoms in total. The van der Waals surface area contributed by atoms with E-state index in [0.717, 1.165) is 49.6 Å². The van der Waals surface area contributed by atoms with Gasteiger partial charge in [0.05, 0.1) is 13.2 Å². The number of aliphatic imine (C=N–C) groups is 1. The van der Waals surface area contributed by atoms with Gasteiger partial charge in [0, 0.05) is 44.0 Å². The summed E-state index contributed by atoms with van der Waals surface area (Å²) in [7, 11) is 0. The van der Waals surface area contributed by atoms with E-state index in [4.69, 9.17) is 9.47 Å². The lowest BCUT2D eigenvalue weighted by atomic mass is 9.84. The Balaban J connectivity index is 1.57. The Morgan fingerprint density at radius 2 is 2.23 bits per heavy atom. The Bertz CT molecular complexity index is 713. The number of ether oxygens (including phenoxy) is 2. The van der Waals surface area contributed by atoms with Gasteiger partial charge in [-0.15, -0.1) is 0 Å². The molecule has 2 atom stereocenters. The predicted octanol–water partition coefficient (Wildman–Crippen LogP) is 1.65. The van der Waals surface area contributed by atoms with E-state index in [1.165, 1.54) is 0 Å². The molecule has 3 rings (SSSR count). The number of guanidine groups is 1. The lowest BCUT2D eigenvalue weighted by molar-refractivity contribution is -0.124. The number of anilines is 1. The molecule has 166 valence electrons. The molecule has 0 aliphatic carbocycles. The van der Waals surface area contributed by atoms with Crippen LogP contribution in [0.1, 0.15) is 38.2 Å². The number of aliphatic hydroxyl groups excluding tert-OH is 1. The van der Waals surface area contributed by atoms with E-state index in [-0.39, 0.29) is 24.0 Å². The molecule has 2 unspecified atom stereocenters. The Morgan fingerprint density at radius 3 is 2.93 bits per heavy atom. The van der Waals surface area contributed by atoms with E-state index in [1.807, 2.05) is 31.2 Å². The second-order valence-corrected chi connectivity index (χ2v) is 8.02. The van der Waals surface area contributed by atoms with Crippen molar-refractivity contribution < 1.29 is 19.4 Å². The zero-order chi connectivity index (χ0) is 21.2. The average molecular weight is 419 g/mol. The van der Waals surface area contributed by atoms with Crippen LogP contribution in [0.25, 0.3) is 0 Å². The third-order valence-corrected chi connectivity index (χ3v) is 5.64. The summed E-state index contributed by atoms with van der Waals surface area (Å²) in [5.74, 6) is 0.645. The van der Waals surface area contributed by atoms with Gasteiger partial charge in [-0.05, 0) is 50.3 Å². The monoisotopic (exact) mass is 418 g/mol. The molecule has 2 saturated heterocycles. The first-order valence-electron chi connectivity index (χ1n) is 10.9. The van der Waals surface area contributed by atoms with Gasteiger partial charge in [-0.2, -0.15) is 0 Å². The van der Waals surface area contributed by atoms with Crippen molar-refractivity contribution in [3.05, 3.63) is 29.8 Å². The normalized spacial score (nSPS) is 24.1. The van der Waals surface area contributed by atoms with Crippen molar-refractivity contribution in [2.75, 3.05) is 44.8 Å². The standard InChI is InChI=1S/C22H34N4O4/c1-2-23-21(25-15-22(8-10-27)9-12-29-16-22)24-14-17-5-3-6-18(13-17)26-20(28)19-7-4-11-30-19/h3,5-6,13,19,27H,2,4,7-12,14-16H2,1H3,(H,26,28)(H2,23,24,25). The minimum absolute atomic E-state index is 0.0442. The maximum atomic E-state index is 12.3. The van der Waals surface area contributed by atoms with Crippen LogP contribution in [-0.2, 0) is 20.8 Å². The molecular formula is C22H34N4O4. The third-order valence-electron chi connectivity index (χ3n) is 5.64. The van der Waals surface area contributed by atoms with Gasteiger partial charge in [0.2, 0.25) is 0 Å². The van der Waals surface area contributed by atoms with Gasteiger partial charge in [0.1, 0.15) is 6.10 Å². The first-order valence-corrected chi connectivity index (χ1v) is 10.9. The van der Waals surface area contributed by atoms with Crippen molar-refractivity contribution in [1.82, 2.24) is 10.6 Å². The van der Waals surface area contributed by atoms with Crippen LogP contribution in [0.3, 0.4) is 0 Å². The first kappa shape index (κ1) is 22.5. The van der Waals surface area contributed by atoms with Gasteiger partial charge in [-0.1, -0.05) is 12.1 Å². The topological polar surface area (TPSA) is 104 Å². The molecule has 8 heteroatoms. The van der Waals surface area contributed by atoms with E-state index in [2.05, 4.69) is 20.9 Å². The van der Waals surface area contributed by atoms with Crippen LogP contribution >= 0.6 is 0 Å². The Morgan fingerprint density at radius 1 is 1.33 bits per heavy atom. The predicted molar refractivity (Wildman–Crippen MR) is 116 cm³/mol. The Hall–Kier alpha value is -2.16. The molecular weight excluding hydrogens is 384 g/mol. The molecule has 2 aliphatic heterocycles. The van der Waals surface area contributed by atoms with Gasteiger partial charge in [-0.25, -0.2) is 4.99 Å². The molecule has 4 N–H and O–H groups in total. The molecule has 0 radical (unpaired) electrons. The fourth-order valence-corrected chi connectivity index (χ4v) is 3.85. The molecule has 0 bridgehead atoms. The highest BCUT2D eigenvalue weighted by Crippen LogP contribution is 2.31. The quantitative estimate of drug-likeness (QED) is 0.359. The summed E-state index contributed by atoms with van der Waals surface area (Å²) < 4.78 is 11.0. The van der Waals surface area contributed by atoms with Crippen LogP contribution in [-0.4, -0.2) is 62.6 Å². The maximum absolute atomic E-state index is 12.3. The summed E-state index contributed by atoms with van der Waals surface area (Å²) in [4.78, 5) is 16.9. The van der Waals surface area contributed by atoms with Crippen LogP contribution in [0.15, 0.2) is 29.3 Å². The Labute approximate surface area is 178 Å². The highest BCUT2D eigenvalue weighted by Gasteiger charge is 2.34. The summed E-state index contributed by atoms with van der Waals surface area (Å²) in [6.07, 6.45) is 3.01. The maximum Gasteiger partial charge on any atom is 0.253 e. The summed E-state index contributed by atoms with van der Waals surface area (Å²) in [6.45, 7) is 6.18. The van der Waals surface area contributed by atoms with E-state index in [9.17, 15) is 9.90 Å². The molecule has 2 fully saturated rings. The van der Waals surface area contributed by atoms with Crippen LogP contribution in [0.2, 0.25) is 0 Å². The summed E-state index contributed by atoms with van der Waals surface area (Å²) in [5, 5.41) is 19.0. The first-order chi connectivity index (χ1) is 14.6. The van der Waals surface area contributed by atoms with Crippen molar-refractivity contribution in [2.45, 2.75) is 45.3 Å². The fraction of sp³-hybridized carbons (Fsp3) is 0.636. The largest absolute Gasteiger partial charge is 0.396 e. The molecule has 0 saturated carbocycles. The third kappa shape index (κ3) is 6.42. The van der Waals surface area contributed by atoms with Crippen LogP contribution in [0.5, 0.6) is 0 Å². The van der Waals surface area contributed by atoms with Gasteiger partial charge < -0.3 is 30.5 Å². The lowest BCUT2D eigenvalue weighted by Crippen LogP contribution is -2.44. The number of carbonyl (C=O) groups is 1. The van der Waals surface area contributed by atoms with Gasteiger partial charge in [-0.3, -0.25) is 4.79 Å². The number of hydrogen-bond acceptors (Lipinski definition) is 5. The lowest BCUT2D eigenvalue weighted by Gasteiger charge is -2.27. The number of aliphatic hydroxyl groups is 1. The van der Waals surface area contributed by atoms with Gasteiger partial charge in [0.25, 0.3) is 5.91 Å². The van der Waals surface area contributed by atoms with Crippen LogP contribution < -0.4 is 16.0 Å². The van der Waals surface area contributed by atoms with Crippen LogP contribution in [0.4, 0.5) is 5.69 Å². The summed E-state index contributed by atoms with van der Waals surface area (Å²) in [5.41, 5.74) is 1.72. The number of nitrogens with zero attached hydrogens (tertiary/aromatic N) is 1. The van der Waals surface area contributed by atoms with Crippen molar-refractivity contribution >= 4 is 17.6 Å². The number of nitrogens with one attached hydrogen (secondary N) is 3. The average Bonchev–Trinajstić information content (AvgIpc) is 3.44. The molecule has 2 heterocycles. The minimum atomic E-state index is -0.345. The molecule has 30 heavy (non-hydrogen) atoms. The molecule has 1 aromatic carbocycles. The number of benzene rings is 1. The van der Waals surface area contributed by atoms with Crippen molar-refractivity contribution in [3.63, 3.8) is 0 Å². The summed E-state index contributed by atoms with van der Waals surface area (Å²) >= 11 is 0. The molecule has 0 spiro atoms. The Kier molecular flexibility index (Phi) is 8.48. The van der Waals surface area contributed by atoms with E-state index in [0.29, 0.717) is 32.7 Å². The van der Waals surface area contributed by atoms with Gasteiger partial charge >= 0.3 is 0 Å². The second-order valence-electron chi connectivity index (χ2n) is 8.02. The van der Waals surface area contributed by atoms with Crippen LogP contribution in [0, 0.1) is 5.41 Å². The van der Waals surface area contributed by atoms with E-state index < -0.39 is 0 Å². The van der Waals surface area contributed by atoms with E-state index >= 15 is 0 Å². The SMILES string of the molecule is CCNC(=NCc1cccc(NC(=O)C2CCCO2)c1)NCC1(CCO)CCOC1. The zero-order valence-electron chi connectivity index (χ0n) is 17.8. The summed E-state index contributed by atoms with van der Waals surface area (Å²) in [6, 6.07) is 7.73. The number of amides is 1. The highest BCUT2D eigenvalue weighted by molar-refractivity contribution is 5.94. The molecule has 0 aromatic heterocycles. The van der Waals surface area contributed by atoms with Crippen molar-refractivity contribution in [3.8, 4) is 0 Å². The van der Waals surface area contributed by atoms with Crippen molar-refractivity contribution in [1.29, 1.82) is 0 Å². The zero-order valence-corrected chi connectivity index (χ0v) is 17.8. The fourth-order valence-electron chi connectivity index (χ4n) is 3.85. The molecule has 1 aromatic rings. The second kappa shape index (κ2) is 11.3. The number of hydrogen-bond donors (Lipinski definition) is 4. The highest BCUT2D eigenvalue weighted by atomic mass is 16.5. The van der Waals surface area contributed by atoms with Gasteiger partial charge in [0.15, 0.2) is 5.96 Å². The minimum Gasteiger partial charge on any atom is -0.396 e. The number of carbonyl (C=O) groups excluding carboxylic acids is 1. The van der Waals surface area contributed by atoms with Crippen molar-refractivity contribution in [2.24, 2.45) is 10.4 Å².